The number of hydrogen-bond acceptors (Lipinski definition) is 4. The summed E-state index contributed by atoms with van der Waals surface area (Å²) in [6, 6.07) is 1.67. The number of carbonyl (C=O) groups excluding carboxylic acids is 1. The number of likely N-dealkylation sites (N-methyl/N-ethyl adjacent to an activating group) is 1. The van der Waals surface area contributed by atoms with Crippen LogP contribution in [0, 0.1) is 0 Å². The largest absolute Gasteiger partial charge is 0.460 e. The number of halogens is 3. The van der Waals surface area contributed by atoms with E-state index in [2.05, 4.69) is 4.90 Å². The second kappa shape index (κ2) is 6.67. The average molecular weight is 365 g/mol. The molecule has 0 N–H and O–H groups in total. The van der Waals surface area contributed by atoms with E-state index in [0.717, 1.165) is 29.5 Å². The average Bonchev–Trinajstić information content (AvgIpc) is 2.70. The van der Waals surface area contributed by atoms with Crippen LogP contribution in [0.3, 0.4) is 0 Å². The van der Waals surface area contributed by atoms with E-state index in [4.69, 9.17) is 32.4 Å². The number of nitrogens with zero attached hydrogens (tertiary/aromatic N) is 1. The molecule has 0 saturated heterocycles. The number of furan rings is 1. The summed E-state index contributed by atoms with van der Waals surface area (Å²) in [4.78, 5) is 14.3. The molecule has 0 bridgehead atoms. The minimum Gasteiger partial charge on any atom is -0.460 e. The summed E-state index contributed by atoms with van der Waals surface area (Å²) < 4.78 is 10.8. The summed E-state index contributed by atoms with van der Waals surface area (Å²) in [6.07, 6.45) is 0.789. The van der Waals surface area contributed by atoms with Crippen molar-refractivity contribution in [3.63, 3.8) is 0 Å². The van der Waals surface area contributed by atoms with E-state index in [0.29, 0.717) is 28.8 Å². The Bertz CT molecular complexity index is 727. The number of hydrogen-bond donors (Lipinski definition) is 0. The molecule has 0 saturated carbocycles. The van der Waals surface area contributed by atoms with E-state index in [9.17, 15) is 4.79 Å². The molecule has 1 aromatic carbocycles. The molecule has 2 heterocycles. The van der Waals surface area contributed by atoms with Gasteiger partial charge in [0.1, 0.15) is 0 Å². The maximum Gasteiger partial charge on any atom is 0.374 e. The second-order valence-corrected chi connectivity index (χ2v) is 5.96. The summed E-state index contributed by atoms with van der Waals surface area (Å²) in [5, 5.41) is 1.89. The molecule has 1 aliphatic rings. The third kappa shape index (κ3) is 2.81. The molecule has 1 aliphatic heterocycles. The lowest BCUT2D eigenvalue weighted by atomic mass is 10.0. The van der Waals surface area contributed by atoms with E-state index >= 15 is 0 Å². The van der Waals surface area contributed by atoms with Crippen LogP contribution >= 0.6 is 35.6 Å². The maximum atomic E-state index is 12.1. The molecule has 0 unspecified atom stereocenters. The van der Waals surface area contributed by atoms with Crippen LogP contribution in [-0.2, 0) is 17.7 Å². The highest BCUT2D eigenvalue weighted by Crippen LogP contribution is 2.40. The molecule has 1 aromatic heterocycles. The van der Waals surface area contributed by atoms with E-state index in [1.807, 2.05) is 7.05 Å². The minimum absolute atomic E-state index is 0. The van der Waals surface area contributed by atoms with Crippen molar-refractivity contribution in [2.75, 3.05) is 20.2 Å². The molecule has 4 nitrogen and oxygen atoms in total. The standard InChI is InChI=1S/C15H15Cl2NO3.ClH/c1-3-20-15(19)13-9-7-18(2)5-4-8-10(16)6-11(17)14(21-13)12(8)9;/h6H,3-5,7H2,1-2H3;1H. The normalized spacial score (nSPS) is 14.5. The number of benzene rings is 1. The van der Waals surface area contributed by atoms with Gasteiger partial charge in [-0.2, -0.15) is 0 Å². The molecule has 22 heavy (non-hydrogen) atoms. The van der Waals surface area contributed by atoms with E-state index < -0.39 is 5.97 Å². The Kier molecular flexibility index (Phi) is 5.28. The number of rotatable bonds is 2. The molecule has 0 aliphatic carbocycles. The first-order chi connectivity index (χ1) is 10.0. The van der Waals surface area contributed by atoms with Crippen LogP contribution in [0.25, 0.3) is 11.0 Å². The Labute approximate surface area is 144 Å². The van der Waals surface area contributed by atoms with Crippen molar-refractivity contribution in [2.24, 2.45) is 0 Å². The van der Waals surface area contributed by atoms with Gasteiger partial charge in [-0.15, -0.1) is 12.4 Å². The molecule has 0 spiro atoms. The Balaban J connectivity index is 0.00000176. The van der Waals surface area contributed by atoms with Gasteiger partial charge in [-0.3, -0.25) is 0 Å². The molecule has 0 fully saturated rings. The van der Waals surface area contributed by atoms with Crippen molar-refractivity contribution < 1.29 is 13.9 Å². The van der Waals surface area contributed by atoms with Gasteiger partial charge in [-0.25, -0.2) is 4.79 Å². The Morgan fingerprint density at radius 1 is 1.36 bits per heavy atom. The Morgan fingerprint density at radius 3 is 2.77 bits per heavy atom. The molecule has 3 rings (SSSR count). The van der Waals surface area contributed by atoms with Crippen molar-refractivity contribution in [3.05, 3.63) is 33.0 Å². The quantitative estimate of drug-likeness (QED) is 0.744. The zero-order valence-electron chi connectivity index (χ0n) is 12.2. The molecule has 120 valence electrons. The lowest BCUT2D eigenvalue weighted by molar-refractivity contribution is 0.0489. The molecule has 2 aromatic rings. The highest BCUT2D eigenvalue weighted by molar-refractivity contribution is 6.39. The topological polar surface area (TPSA) is 42.7 Å². The van der Waals surface area contributed by atoms with E-state index in [-0.39, 0.29) is 18.2 Å². The SMILES string of the molecule is CCOC(=O)c1oc2c(Cl)cc(Cl)c3c2c1CN(C)CC3.Cl. The third-order valence-electron chi connectivity index (χ3n) is 3.70. The van der Waals surface area contributed by atoms with E-state index in [1.165, 1.54) is 0 Å². The lowest BCUT2D eigenvalue weighted by Gasteiger charge is -2.13. The lowest BCUT2D eigenvalue weighted by Crippen LogP contribution is -2.20. The summed E-state index contributed by atoms with van der Waals surface area (Å²) in [5.74, 6) is -0.233. The van der Waals surface area contributed by atoms with Crippen molar-refractivity contribution in [1.29, 1.82) is 0 Å². The summed E-state index contributed by atoms with van der Waals surface area (Å²) in [7, 11) is 2.00. The summed E-state index contributed by atoms with van der Waals surface area (Å²) >= 11 is 12.6. The molecule has 7 heteroatoms. The maximum absolute atomic E-state index is 12.1. The first-order valence-corrected chi connectivity index (χ1v) is 7.56. The fourth-order valence-electron chi connectivity index (χ4n) is 2.74. The third-order valence-corrected chi connectivity index (χ3v) is 4.32. The second-order valence-electron chi connectivity index (χ2n) is 5.14. The molecule has 0 amide bonds. The van der Waals surface area contributed by atoms with Gasteiger partial charge in [0.25, 0.3) is 0 Å². The summed E-state index contributed by atoms with van der Waals surface area (Å²) in [6.45, 7) is 3.52. The van der Waals surface area contributed by atoms with Crippen molar-refractivity contribution in [1.82, 2.24) is 4.90 Å². The Hall–Kier alpha value is -0.940. The van der Waals surface area contributed by atoms with Gasteiger partial charge in [0.2, 0.25) is 5.76 Å². The summed E-state index contributed by atoms with van der Waals surface area (Å²) in [5.41, 5.74) is 2.31. The predicted octanol–water partition coefficient (Wildman–Crippen LogP) is 4.33. The van der Waals surface area contributed by atoms with Gasteiger partial charge in [0.05, 0.1) is 11.6 Å². The zero-order chi connectivity index (χ0) is 15.1. The van der Waals surface area contributed by atoms with Gasteiger partial charge in [0.15, 0.2) is 5.58 Å². The van der Waals surface area contributed by atoms with Crippen molar-refractivity contribution in [2.45, 2.75) is 19.9 Å². The highest BCUT2D eigenvalue weighted by atomic mass is 35.5. The first kappa shape index (κ1) is 17.4. The van der Waals surface area contributed by atoms with Crippen LogP contribution in [0.2, 0.25) is 10.0 Å². The smallest absolute Gasteiger partial charge is 0.374 e. The van der Waals surface area contributed by atoms with Gasteiger partial charge < -0.3 is 14.1 Å². The van der Waals surface area contributed by atoms with Crippen LogP contribution in [0.1, 0.15) is 28.6 Å². The Morgan fingerprint density at radius 2 is 2.09 bits per heavy atom. The number of esters is 1. The molecule has 0 radical (unpaired) electrons. The number of ether oxygens (including phenoxy) is 1. The van der Waals surface area contributed by atoms with Gasteiger partial charge in [-0.1, -0.05) is 23.2 Å². The van der Waals surface area contributed by atoms with Crippen LogP contribution in [0.15, 0.2) is 10.5 Å². The number of carbonyl (C=O) groups is 1. The predicted molar refractivity (Wildman–Crippen MR) is 89.5 cm³/mol. The van der Waals surface area contributed by atoms with Crippen LogP contribution in [0.4, 0.5) is 0 Å². The fourth-order valence-corrected chi connectivity index (χ4v) is 3.34. The fraction of sp³-hybridized carbons (Fsp3) is 0.400. The van der Waals surface area contributed by atoms with Crippen LogP contribution in [0.5, 0.6) is 0 Å². The molecule has 0 atom stereocenters. The van der Waals surface area contributed by atoms with Crippen molar-refractivity contribution in [3.8, 4) is 0 Å². The zero-order valence-corrected chi connectivity index (χ0v) is 14.6. The van der Waals surface area contributed by atoms with Crippen LogP contribution < -0.4 is 0 Å². The van der Waals surface area contributed by atoms with Crippen molar-refractivity contribution >= 4 is 52.5 Å². The molecular weight excluding hydrogens is 349 g/mol. The van der Waals surface area contributed by atoms with Crippen LogP contribution in [-0.4, -0.2) is 31.1 Å². The highest BCUT2D eigenvalue weighted by Gasteiger charge is 2.28. The van der Waals surface area contributed by atoms with E-state index in [1.54, 1.807) is 13.0 Å². The van der Waals surface area contributed by atoms with Gasteiger partial charge >= 0.3 is 5.97 Å². The first-order valence-electron chi connectivity index (χ1n) is 6.80. The van der Waals surface area contributed by atoms with Gasteiger partial charge in [0, 0.05) is 29.1 Å². The molecular formula is C15H16Cl3NO3. The monoisotopic (exact) mass is 363 g/mol. The minimum atomic E-state index is -0.461. The van der Waals surface area contributed by atoms with Gasteiger partial charge in [-0.05, 0) is 32.0 Å².